The van der Waals surface area contributed by atoms with Crippen molar-refractivity contribution in [3.63, 3.8) is 0 Å². The van der Waals surface area contributed by atoms with Gasteiger partial charge in [0.1, 0.15) is 0 Å². The van der Waals surface area contributed by atoms with Crippen LogP contribution < -0.4 is 0 Å². The SMILES string of the molecule is CN1CCC(C(CS)N(C)C)CC1. The largest absolute Gasteiger partial charge is 0.306 e. The number of hydrogen-bond acceptors (Lipinski definition) is 3. The van der Waals surface area contributed by atoms with Crippen molar-refractivity contribution in [2.45, 2.75) is 18.9 Å². The van der Waals surface area contributed by atoms with Crippen LogP contribution in [0.1, 0.15) is 12.8 Å². The summed E-state index contributed by atoms with van der Waals surface area (Å²) in [5.74, 6) is 1.84. The maximum absolute atomic E-state index is 4.43. The molecule has 13 heavy (non-hydrogen) atoms. The van der Waals surface area contributed by atoms with Gasteiger partial charge in [-0.05, 0) is 53.0 Å². The summed E-state index contributed by atoms with van der Waals surface area (Å²) in [4.78, 5) is 4.74. The zero-order valence-corrected chi connectivity index (χ0v) is 9.93. The van der Waals surface area contributed by atoms with E-state index in [0.29, 0.717) is 6.04 Å². The number of hydrogen-bond donors (Lipinski definition) is 1. The summed E-state index contributed by atoms with van der Waals surface area (Å²) in [6.07, 6.45) is 2.67. The number of piperidine rings is 1. The van der Waals surface area contributed by atoms with Gasteiger partial charge >= 0.3 is 0 Å². The molecule has 0 amide bonds. The first-order chi connectivity index (χ1) is 6.15. The molecule has 0 aliphatic carbocycles. The third-order valence-corrected chi connectivity index (χ3v) is 3.53. The van der Waals surface area contributed by atoms with E-state index in [4.69, 9.17) is 0 Å². The van der Waals surface area contributed by atoms with E-state index < -0.39 is 0 Å². The molecule has 78 valence electrons. The molecule has 3 heteroatoms. The zero-order chi connectivity index (χ0) is 9.84. The molecule has 1 aliphatic heterocycles. The van der Waals surface area contributed by atoms with Crippen LogP contribution in [-0.2, 0) is 0 Å². The standard InChI is InChI=1S/C10H22N2S/c1-11(2)10(8-13)9-4-6-12(3)7-5-9/h9-10,13H,4-8H2,1-3H3. The van der Waals surface area contributed by atoms with E-state index >= 15 is 0 Å². The van der Waals surface area contributed by atoms with Gasteiger partial charge in [0.15, 0.2) is 0 Å². The average molecular weight is 202 g/mol. The molecule has 1 saturated heterocycles. The van der Waals surface area contributed by atoms with Crippen LogP contribution in [0, 0.1) is 5.92 Å². The van der Waals surface area contributed by atoms with Crippen LogP contribution in [0.3, 0.4) is 0 Å². The highest BCUT2D eigenvalue weighted by atomic mass is 32.1. The van der Waals surface area contributed by atoms with E-state index in [9.17, 15) is 0 Å². The summed E-state index contributed by atoms with van der Waals surface area (Å²) in [7, 11) is 6.54. The fourth-order valence-corrected chi connectivity index (χ4v) is 2.77. The monoisotopic (exact) mass is 202 g/mol. The Hall–Kier alpha value is 0.270. The van der Waals surface area contributed by atoms with Crippen LogP contribution in [0.15, 0.2) is 0 Å². The summed E-state index contributed by atoms with van der Waals surface area (Å²) in [6, 6.07) is 0.664. The van der Waals surface area contributed by atoms with E-state index in [1.54, 1.807) is 0 Å². The van der Waals surface area contributed by atoms with Crippen molar-refractivity contribution in [3.8, 4) is 0 Å². The molecule has 0 aromatic heterocycles. The maximum Gasteiger partial charge on any atom is 0.0206 e. The summed E-state index contributed by atoms with van der Waals surface area (Å²) in [6.45, 7) is 2.51. The molecule has 1 rings (SSSR count). The van der Waals surface area contributed by atoms with E-state index in [0.717, 1.165) is 11.7 Å². The minimum Gasteiger partial charge on any atom is -0.306 e. The van der Waals surface area contributed by atoms with Crippen LogP contribution >= 0.6 is 12.6 Å². The van der Waals surface area contributed by atoms with Crippen molar-refractivity contribution in [1.29, 1.82) is 0 Å². The van der Waals surface area contributed by atoms with Crippen LogP contribution in [-0.4, -0.2) is 55.8 Å². The predicted octanol–water partition coefficient (Wildman–Crippen LogP) is 1.19. The first-order valence-electron chi connectivity index (χ1n) is 5.11. The number of likely N-dealkylation sites (tertiary alicyclic amines) is 1. The highest BCUT2D eigenvalue weighted by molar-refractivity contribution is 7.80. The third kappa shape index (κ3) is 3.15. The average Bonchev–Trinajstić information content (AvgIpc) is 2.09. The van der Waals surface area contributed by atoms with E-state index in [2.05, 4.69) is 43.6 Å². The Morgan fingerprint density at radius 2 is 1.92 bits per heavy atom. The van der Waals surface area contributed by atoms with E-state index in [1.165, 1.54) is 25.9 Å². The fraction of sp³-hybridized carbons (Fsp3) is 1.00. The highest BCUT2D eigenvalue weighted by Gasteiger charge is 2.25. The van der Waals surface area contributed by atoms with Crippen LogP contribution in [0.5, 0.6) is 0 Å². The Bertz CT molecular complexity index is 142. The first kappa shape index (κ1) is 11.3. The van der Waals surface area contributed by atoms with Gasteiger partial charge in [-0.2, -0.15) is 12.6 Å². The molecular weight excluding hydrogens is 180 g/mol. The first-order valence-corrected chi connectivity index (χ1v) is 5.74. The Morgan fingerprint density at radius 1 is 1.38 bits per heavy atom. The van der Waals surface area contributed by atoms with Gasteiger partial charge in [0.05, 0.1) is 0 Å². The van der Waals surface area contributed by atoms with Gasteiger partial charge < -0.3 is 9.80 Å². The molecule has 0 aromatic rings. The van der Waals surface area contributed by atoms with E-state index in [-0.39, 0.29) is 0 Å². The molecule has 1 fully saturated rings. The van der Waals surface area contributed by atoms with Crippen molar-refractivity contribution in [3.05, 3.63) is 0 Å². The van der Waals surface area contributed by atoms with Gasteiger partial charge in [0, 0.05) is 11.8 Å². The van der Waals surface area contributed by atoms with Crippen molar-refractivity contribution < 1.29 is 0 Å². The van der Waals surface area contributed by atoms with Crippen molar-refractivity contribution in [2.75, 3.05) is 40.0 Å². The van der Waals surface area contributed by atoms with Crippen molar-refractivity contribution in [2.24, 2.45) is 5.92 Å². The lowest BCUT2D eigenvalue weighted by molar-refractivity contribution is 0.144. The third-order valence-electron chi connectivity index (χ3n) is 3.16. The Labute approximate surface area is 87.7 Å². The Balaban J connectivity index is 2.41. The van der Waals surface area contributed by atoms with Crippen molar-refractivity contribution >= 4 is 12.6 Å². The lowest BCUT2D eigenvalue weighted by Crippen LogP contribution is -2.42. The number of rotatable bonds is 3. The normalized spacial score (nSPS) is 23.8. The molecule has 0 bridgehead atoms. The van der Waals surface area contributed by atoms with Gasteiger partial charge in [-0.3, -0.25) is 0 Å². The minimum absolute atomic E-state index is 0.664. The Morgan fingerprint density at radius 3 is 2.31 bits per heavy atom. The van der Waals surface area contributed by atoms with Gasteiger partial charge in [-0.25, -0.2) is 0 Å². The molecule has 0 aromatic carbocycles. The number of nitrogens with zero attached hydrogens (tertiary/aromatic N) is 2. The fourth-order valence-electron chi connectivity index (χ4n) is 2.15. The zero-order valence-electron chi connectivity index (χ0n) is 9.03. The Kier molecular flexibility index (Phi) is 4.56. The van der Waals surface area contributed by atoms with Gasteiger partial charge in [-0.15, -0.1) is 0 Å². The molecule has 1 unspecified atom stereocenters. The van der Waals surface area contributed by atoms with Crippen molar-refractivity contribution in [1.82, 2.24) is 9.80 Å². The maximum atomic E-state index is 4.43. The molecule has 0 saturated carbocycles. The second-order valence-electron chi connectivity index (χ2n) is 4.35. The molecule has 0 N–H and O–H groups in total. The lowest BCUT2D eigenvalue weighted by Gasteiger charge is -2.36. The van der Waals surface area contributed by atoms with Gasteiger partial charge in [-0.1, -0.05) is 0 Å². The molecule has 0 spiro atoms. The van der Waals surface area contributed by atoms with Gasteiger partial charge in [0.2, 0.25) is 0 Å². The smallest absolute Gasteiger partial charge is 0.0206 e. The predicted molar refractivity (Wildman–Crippen MR) is 61.5 cm³/mol. The van der Waals surface area contributed by atoms with Gasteiger partial charge in [0.25, 0.3) is 0 Å². The molecule has 1 atom stereocenters. The molecule has 1 heterocycles. The molecular formula is C10H22N2S. The topological polar surface area (TPSA) is 6.48 Å². The minimum atomic E-state index is 0.664. The lowest BCUT2D eigenvalue weighted by atomic mass is 9.90. The summed E-state index contributed by atoms with van der Waals surface area (Å²) < 4.78 is 0. The highest BCUT2D eigenvalue weighted by Crippen LogP contribution is 2.22. The van der Waals surface area contributed by atoms with Crippen LogP contribution in [0.4, 0.5) is 0 Å². The number of thiol groups is 1. The summed E-state index contributed by atoms with van der Waals surface area (Å²) in [5, 5.41) is 0. The van der Waals surface area contributed by atoms with Crippen LogP contribution in [0.25, 0.3) is 0 Å². The molecule has 1 aliphatic rings. The second-order valence-corrected chi connectivity index (χ2v) is 4.72. The summed E-state index contributed by atoms with van der Waals surface area (Å²) >= 11 is 4.43. The molecule has 0 radical (unpaired) electrons. The quantitative estimate of drug-likeness (QED) is 0.687. The van der Waals surface area contributed by atoms with E-state index in [1.807, 2.05) is 0 Å². The summed E-state index contributed by atoms with van der Waals surface area (Å²) in [5.41, 5.74) is 0. The van der Waals surface area contributed by atoms with Crippen LogP contribution in [0.2, 0.25) is 0 Å². The second kappa shape index (κ2) is 5.23. The molecule has 2 nitrogen and oxygen atoms in total.